The molecule has 152 valence electrons. The maximum atomic E-state index is 11.0. The van der Waals surface area contributed by atoms with Gasteiger partial charge in [-0.25, -0.2) is 0 Å². The number of rotatable bonds is 6. The first-order valence-electron chi connectivity index (χ1n) is 8.46. The van der Waals surface area contributed by atoms with E-state index in [9.17, 15) is 40.5 Å². The number of carbonyl (C=O) groups is 1. The normalized spacial score (nSPS) is 46.9. The molecule has 0 radical (unpaired) electrons. The highest BCUT2D eigenvalue weighted by Crippen LogP contribution is 2.30. The van der Waals surface area contributed by atoms with Gasteiger partial charge in [-0.1, -0.05) is 0 Å². The summed E-state index contributed by atoms with van der Waals surface area (Å²) in [6, 6.07) is -1.75. The molecule has 2 saturated heterocycles. The van der Waals surface area contributed by atoms with Crippen LogP contribution in [-0.2, 0) is 9.53 Å². The van der Waals surface area contributed by atoms with Gasteiger partial charge in [0, 0.05) is 12.0 Å². The number of hydrogen-bond donors (Lipinski definition) is 9. The van der Waals surface area contributed by atoms with Crippen LogP contribution in [0.1, 0.15) is 12.8 Å². The van der Waals surface area contributed by atoms with Gasteiger partial charge in [-0.2, -0.15) is 0 Å². The van der Waals surface area contributed by atoms with Crippen molar-refractivity contribution in [3.8, 4) is 0 Å². The fourth-order valence-electron chi connectivity index (χ4n) is 3.71. The zero-order chi connectivity index (χ0) is 19.6. The third-order valence-electron chi connectivity index (χ3n) is 5.21. The van der Waals surface area contributed by atoms with Crippen molar-refractivity contribution in [2.45, 2.75) is 67.7 Å². The van der Waals surface area contributed by atoms with Crippen LogP contribution in [0.25, 0.3) is 0 Å². The maximum absolute atomic E-state index is 11.0. The van der Waals surface area contributed by atoms with Crippen LogP contribution in [0.2, 0.25) is 0 Å². The summed E-state index contributed by atoms with van der Waals surface area (Å²) in [5.41, 5.74) is 0. The van der Waals surface area contributed by atoms with Crippen LogP contribution in [0.15, 0.2) is 0 Å². The van der Waals surface area contributed by atoms with Crippen molar-refractivity contribution >= 4 is 5.97 Å². The molecule has 0 spiro atoms. The lowest BCUT2D eigenvalue weighted by Crippen LogP contribution is -2.66. The summed E-state index contributed by atoms with van der Waals surface area (Å²) >= 11 is 0. The zero-order valence-corrected chi connectivity index (χ0v) is 14.0. The molecule has 2 aliphatic heterocycles. The molecule has 10 atom stereocenters. The van der Waals surface area contributed by atoms with Crippen LogP contribution in [0, 0.1) is 5.92 Å². The summed E-state index contributed by atoms with van der Waals surface area (Å²) in [6.07, 6.45) is -10.0. The molecule has 0 saturated carbocycles. The lowest BCUT2D eigenvalue weighted by atomic mass is 9.78. The zero-order valence-electron chi connectivity index (χ0n) is 14.0. The van der Waals surface area contributed by atoms with Crippen LogP contribution < -0.4 is 5.32 Å². The first-order chi connectivity index (χ1) is 12.2. The van der Waals surface area contributed by atoms with Gasteiger partial charge in [-0.05, 0) is 6.42 Å². The van der Waals surface area contributed by atoms with Crippen LogP contribution in [0.5, 0.6) is 0 Å². The highest BCUT2D eigenvalue weighted by molar-refractivity contribution is 5.67. The van der Waals surface area contributed by atoms with Gasteiger partial charge < -0.3 is 50.9 Å². The quantitative estimate of drug-likeness (QED) is 0.214. The van der Waals surface area contributed by atoms with E-state index in [1.165, 1.54) is 0 Å². The number of carboxylic acids is 1. The minimum Gasteiger partial charge on any atom is -0.481 e. The van der Waals surface area contributed by atoms with E-state index in [4.69, 9.17) is 9.84 Å². The standard InChI is InChI=1S/C15H27NO10/c17-3-7-12(22)5(1-10(19)20)11(21)6(16-7)2-8-13(23)15(25)14(24)9(4-18)26-8/h5-9,11-18,21-25H,1-4H2,(H,19,20)/t5-,6+,7-,8-,9-,11-,12-,13-,14-,15-/m1/s1. The van der Waals surface area contributed by atoms with E-state index in [0.29, 0.717) is 0 Å². The number of hydrogen-bond acceptors (Lipinski definition) is 10. The summed E-state index contributed by atoms with van der Waals surface area (Å²) in [5, 5.41) is 80.7. The molecule has 2 rings (SSSR count). The molecule has 0 aromatic rings. The molecule has 9 N–H and O–H groups in total. The molecule has 2 fully saturated rings. The van der Waals surface area contributed by atoms with E-state index >= 15 is 0 Å². The van der Waals surface area contributed by atoms with Crippen molar-refractivity contribution in [1.82, 2.24) is 5.32 Å². The maximum Gasteiger partial charge on any atom is 0.303 e. The third kappa shape index (κ3) is 4.32. The van der Waals surface area contributed by atoms with Crippen molar-refractivity contribution in [2.24, 2.45) is 5.92 Å². The SMILES string of the molecule is O=C(O)C[C@@H]1[C@@H](O)[C@H](C[C@H]2O[C@H](CO)[C@@H](O)[C@H](O)[C@@H]2O)N[C@H](CO)[C@@H]1O. The molecule has 2 aliphatic rings. The number of aliphatic hydroxyl groups is 7. The number of carboxylic acid groups (broad SMARTS) is 1. The number of nitrogens with one attached hydrogen (secondary N) is 1. The van der Waals surface area contributed by atoms with Gasteiger partial charge in [0.1, 0.15) is 24.4 Å². The number of piperidine rings is 1. The van der Waals surface area contributed by atoms with Crippen LogP contribution >= 0.6 is 0 Å². The Morgan fingerprint density at radius 3 is 1.92 bits per heavy atom. The number of ether oxygens (including phenoxy) is 1. The predicted octanol–water partition coefficient (Wildman–Crippen LogP) is -4.64. The number of aliphatic carboxylic acids is 1. The van der Waals surface area contributed by atoms with Crippen molar-refractivity contribution in [2.75, 3.05) is 13.2 Å². The minimum atomic E-state index is -1.57. The molecular weight excluding hydrogens is 354 g/mol. The molecular formula is C15H27NO10. The first kappa shape index (κ1) is 21.4. The Morgan fingerprint density at radius 2 is 1.38 bits per heavy atom. The van der Waals surface area contributed by atoms with E-state index < -0.39 is 86.3 Å². The Bertz CT molecular complexity index is 477. The van der Waals surface area contributed by atoms with E-state index in [2.05, 4.69) is 5.32 Å². The monoisotopic (exact) mass is 381 g/mol. The van der Waals surface area contributed by atoms with Crippen LogP contribution in [0.4, 0.5) is 0 Å². The van der Waals surface area contributed by atoms with Gasteiger partial charge in [0.05, 0.1) is 44.0 Å². The van der Waals surface area contributed by atoms with E-state index in [0.717, 1.165) is 0 Å². The Hall–Kier alpha value is -0.890. The summed E-state index contributed by atoms with van der Waals surface area (Å²) in [4.78, 5) is 11.0. The second-order valence-corrected chi connectivity index (χ2v) is 6.91. The predicted molar refractivity (Wildman–Crippen MR) is 83.9 cm³/mol. The number of aliphatic hydroxyl groups excluding tert-OH is 7. The van der Waals surface area contributed by atoms with Gasteiger partial charge in [0.2, 0.25) is 0 Å². The largest absolute Gasteiger partial charge is 0.481 e. The van der Waals surface area contributed by atoms with Crippen LogP contribution in [-0.4, -0.2) is 115 Å². The molecule has 0 aliphatic carbocycles. The highest BCUT2D eigenvalue weighted by Gasteiger charge is 2.48. The Labute approximate surface area is 149 Å². The molecule has 26 heavy (non-hydrogen) atoms. The van der Waals surface area contributed by atoms with Gasteiger partial charge >= 0.3 is 5.97 Å². The van der Waals surface area contributed by atoms with Crippen molar-refractivity contribution in [3.63, 3.8) is 0 Å². The average molecular weight is 381 g/mol. The first-order valence-corrected chi connectivity index (χ1v) is 8.46. The fraction of sp³-hybridized carbons (Fsp3) is 0.933. The molecule has 0 amide bonds. The smallest absolute Gasteiger partial charge is 0.303 e. The third-order valence-corrected chi connectivity index (χ3v) is 5.21. The molecule has 0 aromatic carbocycles. The topological polar surface area (TPSA) is 200 Å². The van der Waals surface area contributed by atoms with E-state index in [1.807, 2.05) is 0 Å². The van der Waals surface area contributed by atoms with Crippen molar-refractivity contribution < 1.29 is 50.4 Å². The lowest BCUT2D eigenvalue weighted by Gasteiger charge is -2.46. The molecule has 0 aromatic heterocycles. The molecule has 0 unspecified atom stereocenters. The molecule has 11 nitrogen and oxygen atoms in total. The summed E-state index contributed by atoms with van der Waals surface area (Å²) in [5.74, 6) is -2.28. The highest BCUT2D eigenvalue weighted by atomic mass is 16.5. The minimum absolute atomic E-state index is 0.109. The van der Waals surface area contributed by atoms with E-state index in [1.54, 1.807) is 0 Å². The van der Waals surface area contributed by atoms with Gasteiger partial charge in [-0.3, -0.25) is 4.79 Å². The lowest BCUT2D eigenvalue weighted by molar-refractivity contribution is -0.234. The average Bonchev–Trinajstić information content (AvgIpc) is 2.60. The molecule has 11 heteroatoms. The van der Waals surface area contributed by atoms with Gasteiger partial charge in [0.15, 0.2) is 0 Å². The summed E-state index contributed by atoms with van der Waals surface area (Å²) < 4.78 is 5.39. The second kappa shape index (κ2) is 8.87. The summed E-state index contributed by atoms with van der Waals surface area (Å²) in [6.45, 7) is -1.10. The van der Waals surface area contributed by atoms with Gasteiger partial charge in [0.25, 0.3) is 0 Å². The molecule has 0 bridgehead atoms. The van der Waals surface area contributed by atoms with Crippen LogP contribution in [0.3, 0.4) is 0 Å². The Balaban J connectivity index is 2.14. The summed E-state index contributed by atoms with van der Waals surface area (Å²) in [7, 11) is 0. The fourth-order valence-corrected chi connectivity index (χ4v) is 3.71. The Morgan fingerprint density at radius 1 is 0.808 bits per heavy atom. The van der Waals surface area contributed by atoms with Crippen molar-refractivity contribution in [1.29, 1.82) is 0 Å². The Kier molecular flexibility index (Phi) is 7.30. The van der Waals surface area contributed by atoms with Gasteiger partial charge in [-0.15, -0.1) is 0 Å². The van der Waals surface area contributed by atoms with Crippen molar-refractivity contribution in [3.05, 3.63) is 0 Å². The second-order valence-electron chi connectivity index (χ2n) is 6.91. The van der Waals surface area contributed by atoms with E-state index in [-0.39, 0.29) is 6.42 Å². The molecule has 2 heterocycles.